The van der Waals surface area contributed by atoms with Gasteiger partial charge in [0.05, 0.1) is 13.3 Å². The van der Waals surface area contributed by atoms with Crippen LogP contribution in [0.4, 0.5) is 4.39 Å². The van der Waals surface area contributed by atoms with Crippen molar-refractivity contribution in [3.05, 3.63) is 24.3 Å². The Kier molecular flexibility index (Phi) is 1.63. The lowest BCUT2D eigenvalue weighted by Crippen LogP contribution is -1.85. The minimum atomic E-state index is -0.490. The zero-order chi connectivity index (χ0) is 6.69. The highest BCUT2D eigenvalue weighted by atomic mass is 19.1. The molecule has 0 saturated carbocycles. The SMILES string of the molecule is COc1ccc(F)nc1. The summed E-state index contributed by atoms with van der Waals surface area (Å²) >= 11 is 0. The number of ether oxygens (including phenoxy) is 1. The minimum Gasteiger partial charge on any atom is -0.495 e. The van der Waals surface area contributed by atoms with Crippen molar-refractivity contribution in [2.45, 2.75) is 0 Å². The number of nitrogens with zero attached hydrogens (tertiary/aromatic N) is 1. The number of hydrogen-bond acceptors (Lipinski definition) is 2. The summed E-state index contributed by atoms with van der Waals surface area (Å²) in [6.45, 7) is 0. The lowest BCUT2D eigenvalue weighted by atomic mass is 10.5. The molecule has 0 aromatic carbocycles. The Morgan fingerprint density at radius 1 is 1.56 bits per heavy atom. The topological polar surface area (TPSA) is 22.1 Å². The Morgan fingerprint density at radius 3 is 2.78 bits per heavy atom. The molecule has 3 heteroatoms. The Morgan fingerprint density at radius 2 is 2.33 bits per heavy atom. The molecule has 0 amide bonds. The molecule has 1 aromatic rings. The van der Waals surface area contributed by atoms with E-state index in [2.05, 4.69) is 4.98 Å². The molecular weight excluding hydrogens is 121 g/mol. The predicted molar refractivity (Wildman–Crippen MR) is 30.7 cm³/mol. The number of hydrogen-bond donors (Lipinski definition) is 0. The van der Waals surface area contributed by atoms with Crippen LogP contribution in [0.15, 0.2) is 18.3 Å². The van der Waals surface area contributed by atoms with Crippen LogP contribution in [-0.2, 0) is 0 Å². The second-order valence-electron chi connectivity index (χ2n) is 1.52. The van der Waals surface area contributed by atoms with Crippen LogP contribution in [0.3, 0.4) is 0 Å². The summed E-state index contributed by atoms with van der Waals surface area (Å²) in [6.07, 6.45) is 1.33. The highest BCUT2D eigenvalue weighted by Crippen LogP contribution is 2.05. The van der Waals surface area contributed by atoms with Gasteiger partial charge in [-0.05, 0) is 12.1 Å². The van der Waals surface area contributed by atoms with Gasteiger partial charge in [0.1, 0.15) is 5.75 Å². The van der Waals surface area contributed by atoms with Crippen molar-refractivity contribution >= 4 is 0 Å². The van der Waals surface area contributed by atoms with Gasteiger partial charge in [0.25, 0.3) is 0 Å². The predicted octanol–water partition coefficient (Wildman–Crippen LogP) is 1.23. The molecule has 0 aliphatic heterocycles. The second-order valence-corrected chi connectivity index (χ2v) is 1.52. The van der Waals surface area contributed by atoms with E-state index in [-0.39, 0.29) is 0 Å². The van der Waals surface area contributed by atoms with Crippen molar-refractivity contribution in [3.8, 4) is 5.75 Å². The number of rotatable bonds is 1. The van der Waals surface area contributed by atoms with Gasteiger partial charge in [0.15, 0.2) is 0 Å². The quantitative estimate of drug-likeness (QED) is 0.529. The van der Waals surface area contributed by atoms with E-state index in [0.29, 0.717) is 5.75 Å². The second kappa shape index (κ2) is 2.44. The van der Waals surface area contributed by atoms with Gasteiger partial charge in [-0.3, -0.25) is 0 Å². The first-order valence-corrected chi connectivity index (χ1v) is 2.48. The van der Waals surface area contributed by atoms with Crippen molar-refractivity contribution in [3.63, 3.8) is 0 Å². The average molecular weight is 127 g/mol. The lowest BCUT2D eigenvalue weighted by Gasteiger charge is -1.94. The zero-order valence-electron chi connectivity index (χ0n) is 4.97. The monoisotopic (exact) mass is 127 g/mol. The van der Waals surface area contributed by atoms with Crippen LogP contribution in [0.1, 0.15) is 0 Å². The Labute approximate surface area is 52.3 Å². The van der Waals surface area contributed by atoms with Crippen molar-refractivity contribution in [2.75, 3.05) is 7.11 Å². The van der Waals surface area contributed by atoms with E-state index in [1.165, 1.54) is 25.4 Å². The molecule has 1 aromatic heterocycles. The fourth-order valence-electron chi connectivity index (χ4n) is 0.483. The first-order chi connectivity index (χ1) is 4.33. The van der Waals surface area contributed by atoms with Gasteiger partial charge in [-0.15, -0.1) is 0 Å². The summed E-state index contributed by atoms with van der Waals surface area (Å²) in [5.74, 6) is 0.0761. The van der Waals surface area contributed by atoms with E-state index >= 15 is 0 Å². The number of methoxy groups -OCH3 is 1. The third-order valence-electron chi connectivity index (χ3n) is 0.936. The molecule has 48 valence electrons. The lowest BCUT2D eigenvalue weighted by molar-refractivity contribution is 0.410. The van der Waals surface area contributed by atoms with Gasteiger partial charge < -0.3 is 4.74 Å². The molecule has 1 rings (SSSR count). The summed E-state index contributed by atoms with van der Waals surface area (Å²) in [7, 11) is 1.51. The fraction of sp³-hybridized carbons (Fsp3) is 0.167. The maximum atomic E-state index is 12.1. The van der Waals surface area contributed by atoms with Crippen LogP contribution in [0.5, 0.6) is 5.75 Å². The van der Waals surface area contributed by atoms with Crippen molar-refractivity contribution in [1.29, 1.82) is 0 Å². The first-order valence-electron chi connectivity index (χ1n) is 2.48. The van der Waals surface area contributed by atoms with Crippen molar-refractivity contribution in [1.82, 2.24) is 4.98 Å². The summed E-state index contributed by atoms with van der Waals surface area (Å²) in [5.41, 5.74) is 0. The normalized spacial score (nSPS) is 9.11. The maximum Gasteiger partial charge on any atom is 0.213 e. The number of halogens is 1. The molecule has 0 spiro atoms. The standard InChI is InChI=1S/C6H6FNO/c1-9-5-2-3-6(7)8-4-5/h2-4H,1H3. The van der Waals surface area contributed by atoms with Gasteiger partial charge in [0, 0.05) is 0 Å². The molecule has 0 fully saturated rings. The van der Waals surface area contributed by atoms with Crippen LogP contribution in [0.2, 0.25) is 0 Å². The van der Waals surface area contributed by atoms with Gasteiger partial charge in [0.2, 0.25) is 5.95 Å². The summed E-state index contributed by atoms with van der Waals surface area (Å²) in [4.78, 5) is 3.36. The van der Waals surface area contributed by atoms with E-state index in [1.807, 2.05) is 0 Å². The largest absolute Gasteiger partial charge is 0.495 e. The molecular formula is C6H6FNO. The molecule has 0 N–H and O–H groups in total. The molecule has 2 nitrogen and oxygen atoms in total. The minimum absolute atomic E-state index is 0.490. The van der Waals surface area contributed by atoms with Crippen LogP contribution in [0.25, 0.3) is 0 Å². The van der Waals surface area contributed by atoms with E-state index < -0.39 is 5.95 Å². The summed E-state index contributed by atoms with van der Waals surface area (Å²) in [5, 5.41) is 0. The Bertz CT molecular complexity index is 185. The van der Waals surface area contributed by atoms with Crippen molar-refractivity contribution < 1.29 is 9.13 Å². The van der Waals surface area contributed by atoms with Crippen molar-refractivity contribution in [2.24, 2.45) is 0 Å². The van der Waals surface area contributed by atoms with E-state index in [0.717, 1.165) is 0 Å². The van der Waals surface area contributed by atoms with E-state index in [4.69, 9.17) is 4.74 Å². The highest BCUT2D eigenvalue weighted by molar-refractivity contribution is 5.15. The Hall–Kier alpha value is -1.12. The van der Waals surface area contributed by atoms with Gasteiger partial charge in [-0.2, -0.15) is 4.39 Å². The zero-order valence-corrected chi connectivity index (χ0v) is 4.97. The molecule has 0 saturated heterocycles. The fourth-order valence-corrected chi connectivity index (χ4v) is 0.483. The van der Waals surface area contributed by atoms with E-state index in [1.54, 1.807) is 0 Å². The molecule has 0 unspecified atom stereocenters. The van der Waals surface area contributed by atoms with Gasteiger partial charge >= 0.3 is 0 Å². The van der Waals surface area contributed by atoms with Gasteiger partial charge in [-0.1, -0.05) is 0 Å². The van der Waals surface area contributed by atoms with Crippen LogP contribution in [0, 0.1) is 5.95 Å². The van der Waals surface area contributed by atoms with Gasteiger partial charge in [-0.25, -0.2) is 4.98 Å². The smallest absolute Gasteiger partial charge is 0.213 e. The molecule has 9 heavy (non-hydrogen) atoms. The molecule has 0 bridgehead atoms. The molecule has 0 radical (unpaired) electrons. The van der Waals surface area contributed by atoms with Crippen LogP contribution in [-0.4, -0.2) is 12.1 Å². The number of aromatic nitrogens is 1. The highest BCUT2D eigenvalue weighted by Gasteiger charge is 1.89. The molecule has 0 aliphatic carbocycles. The van der Waals surface area contributed by atoms with Crippen LogP contribution >= 0.6 is 0 Å². The first kappa shape index (κ1) is 6.01. The summed E-state index contributed by atoms with van der Waals surface area (Å²) in [6, 6.07) is 2.77. The van der Waals surface area contributed by atoms with E-state index in [9.17, 15) is 4.39 Å². The third-order valence-corrected chi connectivity index (χ3v) is 0.936. The average Bonchev–Trinajstić information content (AvgIpc) is 1.90. The van der Waals surface area contributed by atoms with Crippen LogP contribution < -0.4 is 4.74 Å². The summed E-state index contributed by atoms with van der Waals surface area (Å²) < 4.78 is 16.8. The Balaban J connectivity index is 2.88. The number of pyridine rings is 1. The third kappa shape index (κ3) is 1.38. The molecule has 0 aliphatic rings. The molecule has 1 heterocycles. The maximum absolute atomic E-state index is 12.1. The molecule has 0 atom stereocenters.